The molecule has 0 amide bonds. The van der Waals surface area contributed by atoms with Crippen LogP contribution in [0.1, 0.15) is 17.4 Å². The van der Waals surface area contributed by atoms with Crippen molar-refractivity contribution in [1.82, 2.24) is 15.3 Å². The van der Waals surface area contributed by atoms with Crippen LogP contribution in [0.4, 0.5) is 33.6 Å². The Labute approximate surface area is 188 Å². The van der Waals surface area contributed by atoms with Gasteiger partial charge in [-0.2, -0.15) is 13.2 Å². The maximum Gasteiger partial charge on any atom is 0.411 e. The fourth-order valence-electron chi connectivity index (χ4n) is 3.57. The van der Waals surface area contributed by atoms with Crippen molar-refractivity contribution in [2.75, 3.05) is 23.3 Å². The van der Waals surface area contributed by atoms with Crippen molar-refractivity contribution in [1.29, 1.82) is 0 Å². The Morgan fingerprint density at radius 3 is 2.47 bits per heavy atom. The zero-order valence-corrected chi connectivity index (χ0v) is 17.4. The molecule has 34 heavy (non-hydrogen) atoms. The second-order valence-corrected chi connectivity index (χ2v) is 7.76. The molecule has 4 N–H and O–H groups in total. The minimum absolute atomic E-state index is 0.0643. The van der Waals surface area contributed by atoms with E-state index in [2.05, 4.69) is 15.3 Å². The van der Waals surface area contributed by atoms with Gasteiger partial charge in [-0.25, -0.2) is 18.7 Å². The average Bonchev–Trinajstić information content (AvgIpc) is 3.02. The lowest BCUT2D eigenvalue weighted by molar-refractivity contribution is -0.168. The number of alkyl halides is 3. The second-order valence-electron chi connectivity index (χ2n) is 7.76. The quantitative estimate of drug-likeness (QED) is 0.294. The van der Waals surface area contributed by atoms with Crippen LogP contribution in [0, 0.1) is 24.5 Å². The number of rotatable bonds is 7. The first-order chi connectivity index (χ1) is 15.9. The number of aliphatic hydroxyl groups excluding tert-OH is 1. The van der Waals surface area contributed by atoms with E-state index in [9.17, 15) is 31.9 Å². The van der Waals surface area contributed by atoms with Crippen LogP contribution in [0.5, 0.6) is 0 Å². The molecule has 1 saturated heterocycles. The highest BCUT2D eigenvalue weighted by atomic mass is 19.4. The van der Waals surface area contributed by atoms with Crippen molar-refractivity contribution in [2.45, 2.75) is 25.5 Å². The topological polar surface area (TPSA) is 124 Å². The molecule has 1 aliphatic rings. The van der Waals surface area contributed by atoms with E-state index in [1.807, 2.05) is 5.32 Å². The zero-order chi connectivity index (χ0) is 24.8. The third-order valence-corrected chi connectivity index (χ3v) is 5.36. The van der Waals surface area contributed by atoms with E-state index in [1.54, 1.807) is 4.90 Å². The highest BCUT2D eigenvalue weighted by Gasteiger charge is 2.45. The minimum Gasteiger partial charge on any atom is -0.481 e. The van der Waals surface area contributed by atoms with Gasteiger partial charge in [0.1, 0.15) is 11.6 Å². The summed E-state index contributed by atoms with van der Waals surface area (Å²) in [5.74, 6) is -4.10. The van der Waals surface area contributed by atoms with Crippen molar-refractivity contribution < 1.29 is 41.4 Å². The second kappa shape index (κ2) is 8.68. The molecule has 2 atom stereocenters. The fraction of sp³-hybridized carbons (Fsp3) is 0.350. The fourth-order valence-corrected chi connectivity index (χ4v) is 3.57. The van der Waals surface area contributed by atoms with Crippen molar-refractivity contribution >= 4 is 28.6 Å². The number of anilines is 2. The van der Waals surface area contributed by atoms with Crippen LogP contribution in [-0.4, -0.2) is 51.8 Å². The molecule has 4 rings (SSSR count). The number of aliphatic hydroxyl groups is 1. The summed E-state index contributed by atoms with van der Waals surface area (Å²) in [7, 11) is 0. The summed E-state index contributed by atoms with van der Waals surface area (Å²) in [5.41, 5.74) is -0.612. The monoisotopic (exact) mass is 487 g/mol. The predicted molar refractivity (Wildman–Crippen MR) is 108 cm³/mol. The SMILES string of the molecule is Cc1c([C@@H](NC(O)Nc2cnc(N3CC(C(=O)O)C3)nc2)C(F)(F)F)oc2c(F)cc(F)cc12. The normalized spacial score (nSPS) is 16.4. The van der Waals surface area contributed by atoms with E-state index in [-0.39, 0.29) is 35.7 Å². The number of carbonyl (C=O) groups is 1. The number of hydrogen-bond donors (Lipinski definition) is 4. The maximum absolute atomic E-state index is 14.0. The van der Waals surface area contributed by atoms with Gasteiger partial charge in [0.05, 0.1) is 24.0 Å². The van der Waals surface area contributed by atoms with Gasteiger partial charge in [0, 0.05) is 30.1 Å². The molecule has 14 heteroatoms. The van der Waals surface area contributed by atoms with Crippen LogP contribution >= 0.6 is 0 Å². The van der Waals surface area contributed by atoms with Gasteiger partial charge in [-0.3, -0.25) is 10.1 Å². The third-order valence-electron chi connectivity index (χ3n) is 5.36. The molecule has 9 nitrogen and oxygen atoms in total. The van der Waals surface area contributed by atoms with Crippen LogP contribution in [0.3, 0.4) is 0 Å². The Morgan fingerprint density at radius 1 is 1.24 bits per heavy atom. The smallest absolute Gasteiger partial charge is 0.411 e. The van der Waals surface area contributed by atoms with Crippen molar-refractivity contribution in [2.24, 2.45) is 5.92 Å². The number of carboxylic acid groups (broad SMARTS) is 1. The summed E-state index contributed by atoms with van der Waals surface area (Å²) in [6, 6.07) is -1.20. The molecule has 0 spiro atoms. The Kier molecular flexibility index (Phi) is 6.03. The van der Waals surface area contributed by atoms with Gasteiger partial charge >= 0.3 is 12.1 Å². The summed E-state index contributed by atoms with van der Waals surface area (Å²) in [6.07, 6.45) is -4.52. The Morgan fingerprint density at radius 2 is 1.88 bits per heavy atom. The van der Waals surface area contributed by atoms with Crippen LogP contribution in [-0.2, 0) is 4.79 Å². The summed E-state index contributed by atoms with van der Waals surface area (Å²) in [5, 5.41) is 23.2. The number of nitrogens with one attached hydrogen (secondary N) is 2. The number of benzene rings is 1. The van der Waals surface area contributed by atoms with E-state index in [1.165, 1.54) is 19.3 Å². The number of aromatic nitrogens is 2. The standard InChI is InChI=1S/C20H18F5N5O4/c1-8-12-2-10(21)3-13(22)15(12)34-14(8)16(20(23,24)25)29-19(33)28-11-4-26-18(27-5-11)30-6-9(7-30)17(31)32/h2-5,9,16,19,28-29,33H,6-7H2,1H3,(H,31,32)/t16-,19?/m1/s1. The molecule has 182 valence electrons. The first-order valence-electron chi connectivity index (χ1n) is 9.89. The van der Waals surface area contributed by atoms with Crippen LogP contribution < -0.4 is 15.5 Å². The molecule has 2 aromatic heterocycles. The van der Waals surface area contributed by atoms with Crippen LogP contribution in [0.15, 0.2) is 28.9 Å². The highest BCUT2D eigenvalue weighted by molar-refractivity contribution is 5.82. The molecule has 3 aromatic rings. The lowest BCUT2D eigenvalue weighted by atomic mass is 10.0. The molecule has 1 unspecified atom stereocenters. The largest absolute Gasteiger partial charge is 0.481 e. The van der Waals surface area contributed by atoms with E-state index in [4.69, 9.17) is 9.52 Å². The molecular formula is C20H18F5N5O4. The number of nitrogens with zero attached hydrogens (tertiary/aromatic N) is 3. The summed E-state index contributed by atoms with van der Waals surface area (Å²) in [6.45, 7) is 1.67. The van der Waals surface area contributed by atoms with E-state index < -0.39 is 53.4 Å². The zero-order valence-electron chi connectivity index (χ0n) is 17.4. The number of fused-ring (bicyclic) bond motifs is 1. The first-order valence-corrected chi connectivity index (χ1v) is 9.89. The summed E-state index contributed by atoms with van der Waals surface area (Å²) >= 11 is 0. The summed E-state index contributed by atoms with van der Waals surface area (Å²) < 4.78 is 73.9. The van der Waals surface area contributed by atoms with Gasteiger partial charge < -0.3 is 24.8 Å². The van der Waals surface area contributed by atoms with Crippen molar-refractivity contribution in [3.63, 3.8) is 0 Å². The molecule has 1 fully saturated rings. The molecule has 0 bridgehead atoms. The van der Waals surface area contributed by atoms with Gasteiger partial charge in [0.2, 0.25) is 5.95 Å². The third kappa shape index (κ3) is 4.59. The number of carboxylic acids is 1. The Bertz CT molecular complexity index is 1210. The van der Waals surface area contributed by atoms with E-state index >= 15 is 0 Å². The average molecular weight is 487 g/mol. The molecule has 0 saturated carbocycles. The van der Waals surface area contributed by atoms with Gasteiger partial charge in [-0.05, 0) is 13.0 Å². The van der Waals surface area contributed by atoms with Gasteiger partial charge in [-0.1, -0.05) is 0 Å². The number of hydrogen-bond acceptors (Lipinski definition) is 8. The number of halogens is 5. The lowest BCUT2D eigenvalue weighted by Crippen LogP contribution is -2.51. The molecule has 0 radical (unpaired) electrons. The van der Waals surface area contributed by atoms with Crippen LogP contribution in [0.2, 0.25) is 0 Å². The number of aliphatic carboxylic acids is 1. The number of aryl methyl sites for hydroxylation is 1. The lowest BCUT2D eigenvalue weighted by Gasteiger charge is -2.36. The number of furan rings is 1. The van der Waals surface area contributed by atoms with Crippen molar-refractivity contribution in [3.8, 4) is 0 Å². The highest BCUT2D eigenvalue weighted by Crippen LogP contribution is 2.39. The van der Waals surface area contributed by atoms with E-state index in [0.29, 0.717) is 6.07 Å². The molecule has 3 heterocycles. The maximum atomic E-state index is 14.0. The van der Waals surface area contributed by atoms with Gasteiger partial charge in [-0.15, -0.1) is 0 Å². The minimum atomic E-state index is -4.96. The van der Waals surface area contributed by atoms with Crippen molar-refractivity contribution in [3.05, 3.63) is 47.5 Å². The molecule has 0 aliphatic carbocycles. The Balaban J connectivity index is 1.48. The summed E-state index contributed by atoms with van der Waals surface area (Å²) in [4.78, 5) is 20.5. The Hall–Kier alpha value is -3.52. The predicted octanol–water partition coefficient (Wildman–Crippen LogP) is 2.91. The molecule has 1 aliphatic heterocycles. The van der Waals surface area contributed by atoms with E-state index in [0.717, 1.165) is 6.07 Å². The molecule has 1 aromatic carbocycles. The molecular weight excluding hydrogens is 469 g/mol. The van der Waals surface area contributed by atoms with Crippen LogP contribution in [0.25, 0.3) is 11.0 Å². The van der Waals surface area contributed by atoms with Gasteiger partial charge in [0.25, 0.3) is 0 Å². The first kappa shape index (κ1) is 23.6. The van der Waals surface area contributed by atoms with Gasteiger partial charge in [0.15, 0.2) is 23.8 Å².